The standard InChI is InChI=1S/C35H42F3N7O2/c1-23-16-34(17-23,33-41-40-22-43(33)4)26-7-5-8-27(15-26)45-21-29-28(32(45)47)13-25(14-30(29)35(36,37)38)19-39-18-24-10-12-44(20-24)31(46)9-6-11-42(2)3/h5-9,13-15,22-24,39H,10-12,16-21H2,1-4H3/b9-6+/t23?,24-,34?/m1/s1. The average molecular weight is 650 g/mol. The van der Waals surface area contributed by atoms with E-state index in [1.54, 1.807) is 29.4 Å². The van der Waals surface area contributed by atoms with Crippen LogP contribution in [0, 0.1) is 11.8 Å². The highest BCUT2D eigenvalue weighted by Gasteiger charge is 2.48. The van der Waals surface area contributed by atoms with Crippen LogP contribution < -0.4 is 10.2 Å². The van der Waals surface area contributed by atoms with Crippen molar-refractivity contribution in [2.75, 3.05) is 45.2 Å². The molecule has 1 saturated heterocycles. The zero-order valence-electron chi connectivity index (χ0n) is 27.3. The molecule has 250 valence electrons. The summed E-state index contributed by atoms with van der Waals surface area (Å²) in [5.74, 6) is 1.06. The van der Waals surface area contributed by atoms with Crippen LogP contribution in [0.4, 0.5) is 18.9 Å². The summed E-state index contributed by atoms with van der Waals surface area (Å²) >= 11 is 0. The van der Waals surface area contributed by atoms with Gasteiger partial charge in [0.1, 0.15) is 12.2 Å². The Morgan fingerprint density at radius 1 is 1.19 bits per heavy atom. The number of rotatable bonds is 10. The molecule has 2 fully saturated rings. The highest BCUT2D eigenvalue weighted by molar-refractivity contribution is 6.10. The summed E-state index contributed by atoms with van der Waals surface area (Å²) in [6.07, 6.45) is 3.06. The number of carbonyl (C=O) groups is 2. The van der Waals surface area contributed by atoms with Crippen LogP contribution in [0.5, 0.6) is 0 Å². The number of fused-ring (bicyclic) bond motifs is 1. The molecule has 9 nitrogen and oxygen atoms in total. The number of alkyl halides is 3. The van der Waals surface area contributed by atoms with E-state index < -0.39 is 17.6 Å². The molecule has 6 rings (SSSR count). The molecular formula is C35H42F3N7O2. The minimum Gasteiger partial charge on any atom is -0.339 e. The summed E-state index contributed by atoms with van der Waals surface area (Å²) in [5.41, 5.74) is 0.902. The monoisotopic (exact) mass is 649 g/mol. The van der Waals surface area contributed by atoms with Crippen LogP contribution in [0.1, 0.15) is 64.6 Å². The summed E-state index contributed by atoms with van der Waals surface area (Å²) < 4.78 is 45.1. The van der Waals surface area contributed by atoms with E-state index in [4.69, 9.17) is 0 Å². The fraction of sp³-hybridized carbons (Fsp3) is 0.486. The molecule has 1 atom stereocenters. The Morgan fingerprint density at radius 3 is 2.66 bits per heavy atom. The van der Waals surface area contributed by atoms with E-state index in [-0.39, 0.29) is 41.5 Å². The second-order valence-electron chi connectivity index (χ2n) is 13.7. The van der Waals surface area contributed by atoms with Gasteiger partial charge in [0.25, 0.3) is 5.91 Å². The Kier molecular flexibility index (Phi) is 9.01. The quantitative estimate of drug-likeness (QED) is 0.319. The Hall–Kier alpha value is -4.03. The maximum Gasteiger partial charge on any atom is 0.416 e. The molecule has 0 spiro atoms. The van der Waals surface area contributed by atoms with Gasteiger partial charge in [-0.15, -0.1) is 10.2 Å². The van der Waals surface area contributed by atoms with E-state index in [2.05, 4.69) is 22.4 Å². The third kappa shape index (κ3) is 6.58. The van der Waals surface area contributed by atoms with E-state index in [1.165, 1.54) is 4.90 Å². The van der Waals surface area contributed by atoms with Gasteiger partial charge in [-0.2, -0.15) is 13.2 Å². The van der Waals surface area contributed by atoms with E-state index in [1.807, 2.05) is 54.9 Å². The van der Waals surface area contributed by atoms with Gasteiger partial charge in [0, 0.05) is 57.1 Å². The number of nitrogens with zero attached hydrogens (tertiary/aromatic N) is 6. The van der Waals surface area contributed by atoms with E-state index in [9.17, 15) is 22.8 Å². The number of nitrogens with one attached hydrogen (secondary N) is 1. The first-order chi connectivity index (χ1) is 22.4. The van der Waals surface area contributed by atoms with Crippen molar-refractivity contribution in [3.05, 3.63) is 88.5 Å². The molecular weight excluding hydrogens is 607 g/mol. The molecule has 1 aromatic heterocycles. The normalized spacial score (nSPS) is 22.9. The maximum atomic E-state index is 14.4. The Balaban J connectivity index is 1.17. The Bertz CT molecular complexity index is 1680. The number of aryl methyl sites for hydroxylation is 1. The van der Waals surface area contributed by atoms with Gasteiger partial charge in [-0.25, -0.2) is 0 Å². The van der Waals surface area contributed by atoms with Crippen LogP contribution in [0.2, 0.25) is 0 Å². The fourth-order valence-electron chi connectivity index (χ4n) is 7.49. The summed E-state index contributed by atoms with van der Waals surface area (Å²) in [4.78, 5) is 31.5. The Morgan fingerprint density at radius 2 is 1.98 bits per heavy atom. The predicted octanol–water partition coefficient (Wildman–Crippen LogP) is 4.77. The van der Waals surface area contributed by atoms with Gasteiger partial charge in [0.2, 0.25) is 5.91 Å². The first-order valence-electron chi connectivity index (χ1n) is 16.2. The van der Waals surface area contributed by atoms with Gasteiger partial charge < -0.3 is 24.6 Å². The third-order valence-corrected chi connectivity index (χ3v) is 9.74. The molecule has 3 aliphatic rings. The number of benzene rings is 2. The highest BCUT2D eigenvalue weighted by atomic mass is 19.4. The number of hydrogen-bond acceptors (Lipinski definition) is 6. The van der Waals surface area contributed by atoms with Crippen LogP contribution in [0.25, 0.3) is 0 Å². The predicted molar refractivity (Wildman–Crippen MR) is 173 cm³/mol. The van der Waals surface area contributed by atoms with Crippen molar-refractivity contribution in [3.63, 3.8) is 0 Å². The first kappa shape index (κ1) is 32.9. The van der Waals surface area contributed by atoms with Crippen molar-refractivity contribution in [2.24, 2.45) is 18.9 Å². The van der Waals surface area contributed by atoms with Crippen molar-refractivity contribution < 1.29 is 22.8 Å². The minimum absolute atomic E-state index is 0.00389. The lowest BCUT2D eigenvalue weighted by Crippen LogP contribution is -2.43. The van der Waals surface area contributed by atoms with Crippen LogP contribution in [-0.4, -0.2) is 76.7 Å². The van der Waals surface area contributed by atoms with E-state index >= 15 is 0 Å². The van der Waals surface area contributed by atoms with Crippen molar-refractivity contribution in [1.29, 1.82) is 0 Å². The highest BCUT2D eigenvalue weighted by Crippen LogP contribution is 2.52. The van der Waals surface area contributed by atoms with E-state index in [0.29, 0.717) is 43.3 Å². The van der Waals surface area contributed by atoms with Gasteiger partial charge in [-0.05, 0) is 86.1 Å². The summed E-state index contributed by atoms with van der Waals surface area (Å²) in [6.45, 7) is 4.70. The first-order valence-corrected chi connectivity index (χ1v) is 16.2. The lowest BCUT2D eigenvalue weighted by Gasteiger charge is -2.46. The molecule has 0 radical (unpaired) electrons. The van der Waals surface area contributed by atoms with Crippen LogP contribution in [-0.2, 0) is 36.5 Å². The second-order valence-corrected chi connectivity index (χ2v) is 13.7. The molecule has 2 aliphatic heterocycles. The largest absolute Gasteiger partial charge is 0.416 e. The van der Waals surface area contributed by atoms with Crippen LogP contribution in [0.3, 0.4) is 0 Å². The molecule has 1 saturated carbocycles. The smallest absolute Gasteiger partial charge is 0.339 e. The van der Waals surface area contributed by atoms with Crippen molar-refractivity contribution in [2.45, 2.75) is 50.9 Å². The SMILES string of the molecule is CC1CC(c2cccc(N3Cc4c(cc(CNC[C@H]5CCN(C(=O)/C=C/CN(C)C)C5)cc4C(F)(F)F)C3=O)c2)(c2nncn2C)C1. The van der Waals surface area contributed by atoms with Crippen molar-refractivity contribution in [3.8, 4) is 0 Å². The van der Waals surface area contributed by atoms with Gasteiger partial charge in [-0.3, -0.25) is 9.59 Å². The van der Waals surface area contributed by atoms with Gasteiger partial charge in [-0.1, -0.05) is 25.1 Å². The number of likely N-dealkylation sites (tertiary alicyclic amines) is 1. The Labute approximate surface area is 273 Å². The third-order valence-electron chi connectivity index (χ3n) is 9.74. The molecule has 0 bridgehead atoms. The molecule has 12 heteroatoms. The summed E-state index contributed by atoms with van der Waals surface area (Å²) in [5, 5.41) is 11.8. The topological polar surface area (TPSA) is 86.6 Å². The van der Waals surface area contributed by atoms with E-state index in [0.717, 1.165) is 36.7 Å². The van der Waals surface area contributed by atoms with Crippen molar-refractivity contribution >= 4 is 17.5 Å². The van der Waals surface area contributed by atoms with Gasteiger partial charge in [0.15, 0.2) is 0 Å². The number of halogens is 3. The maximum absolute atomic E-state index is 14.4. The number of amides is 2. The van der Waals surface area contributed by atoms with Gasteiger partial charge >= 0.3 is 6.18 Å². The number of carbonyl (C=O) groups excluding carboxylic acids is 2. The average Bonchev–Trinajstić information content (AvgIpc) is 3.74. The molecule has 3 aromatic rings. The zero-order chi connectivity index (χ0) is 33.5. The summed E-state index contributed by atoms with van der Waals surface area (Å²) in [7, 11) is 5.78. The number of hydrogen-bond donors (Lipinski definition) is 1. The lowest BCUT2D eigenvalue weighted by atomic mass is 9.58. The zero-order valence-corrected chi connectivity index (χ0v) is 27.3. The molecule has 0 unspecified atom stereocenters. The number of likely N-dealkylation sites (N-methyl/N-ethyl adjacent to an activating group) is 1. The van der Waals surface area contributed by atoms with Crippen LogP contribution >= 0.6 is 0 Å². The second kappa shape index (κ2) is 12.9. The van der Waals surface area contributed by atoms with Gasteiger partial charge in [0.05, 0.1) is 17.5 Å². The molecule has 2 aromatic carbocycles. The molecule has 3 heterocycles. The van der Waals surface area contributed by atoms with Crippen molar-refractivity contribution in [1.82, 2.24) is 29.9 Å². The molecule has 2 amide bonds. The number of aromatic nitrogens is 3. The number of anilines is 1. The van der Waals surface area contributed by atoms with Crippen LogP contribution in [0.15, 0.2) is 54.9 Å². The lowest BCUT2D eigenvalue weighted by molar-refractivity contribution is -0.138. The summed E-state index contributed by atoms with van der Waals surface area (Å²) in [6, 6.07) is 10.3. The molecule has 1 aliphatic carbocycles. The fourth-order valence-corrected chi connectivity index (χ4v) is 7.49. The molecule has 47 heavy (non-hydrogen) atoms. The minimum atomic E-state index is -4.61. The molecule has 1 N–H and O–H groups in total.